The van der Waals surface area contributed by atoms with Gasteiger partial charge in [0.25, 0.3) is 0 Å². The van der Waals surface area contributed by atoms with E-state index in [1.807, 2.05) is 24.3 Å². The van der Waals surface area contributed by atoms with Gasteiger partial charge in [-0.15, -0.1) is 0 Å². The molecule has 2 saturated heterocycles. The molecule has 8 nitrogen and oxygen atoms in total. The van der Waals surface area contributed by atoms with Crippen LogP contribution in [0.25, 0.3) is 0 Å². The molecule has 2 fully saturated rings. The molecule has 0 saturated carbocycles. The molecule has 8 rings (SSSR count). The number of carbonyl (C=O) groups is 4. The van der Waals surface area contributed by atoms with E-state index in [2.05, 4.69) is 33.0 Å². The van der Waals surface area contributed by atoms with Crippen molar-refractivity contribution in [2.24, 2.45) is 23.7 Å². The fourth-order valence-corrected chi connectivity index (χ4v) is 9.02. The van der Waals surface area contributed by atoms with Crippen LogP contribution in [0.15, 0.2) is 93.7 Å². The van der Waals surface area contributed by atoms with Crippen molar-refractivity contribution in [3.05, 3.63) is 105 Å². The maximum absolute atomic E-state index is 14.3. The summed E-state index contributed by atoms with van der Waals surface area (Å²) < 4.78 is 6.18. The number of phenols is 1. The zero-order chi connectivity index (χ0) is 31.7. The first-order valence-electron chi connectivity index (χ1n) is 16.0. The van der Waals surface area contributed by atoms with E-state index < -0.39 is 17.8 Å². The Hall–Kier alpha value is -4.08. The third-order valence-corrected chi connectivity index (χ3v) is 11.3. The van der Waals surface area contributed by atoms with Crippen LogP contribution in [0.2, 0.25) is 0 Å². The van der Waals surface area contributed by atoms with Crippen LogP contribution in [0.5, 0.6) is 11.5 Å². The predicted molar refractivity (Wildman–Crippen MR) is 172 cm³/mol. The molecule has 6 aliphatic rings. The summed E-state index contributed by atoms with van der Waals surface area (Å²) >= 11 is 3.30. The summed E-state index contributed by atoms with van der Waals surface area (Å²) in [5.41, 5.74) is 4.54. The number of allylic oxidation sites excluding steroid dienone is 7. The molecule has 2 aromatic carbocycles. The zero-order valence-corrected chi connectivity index (χ0v) is 26.7. The molecule has 3 aliphatic heterocycles. The van der Waals surface area contributed by atoms with Gasteiger partial charge in [0.2, 0.25) is 11.8 Å². The normalized spacial score (nSPS) is 28.1. The van der Waals surface area contributed by atoms with Crippen molar-refractivity contribution >= 4 is 39.3 Å². The van der Waals surface area contributed by atoms with Gasteiger partial charge >= 0.3 is 0 Å². The Morgan fingerprint density at radius 3 is 2.52 bits per heavy atom. The van der Waals surface area contributed by atoms with E-state index in [0.29, 0.717) is 29.7 Å². The van der Waals surface area contributed by atoms with E-state index in [1.54, 1.807) is 29.4 Å². The minimum absolute atomic E-state index is 0.111. The second-order valence-corrected chi connectivity index (χ2v) is 14.1. The Kier molecular flexibility index (Phi) is 7.21. The summed E-state index contributed by atoms with van der Waals surface area (Å²) in [6.07, 6.45) is 7.54. The predicted octanol–water partition coefficient (Wildman–Crippen LogP) is 5.17. The highest BCUT2D eigenvalue weighted by atomic mass is 79.9. The van der Waals surface area contributed by atoms with E-state index in [-0.39, 0.29) is 52.0 Å². The molecule has 3 aliphatic carbocycles. The molecular formula is C37H33BrN2O6. The largest absolute Gasteiger partial charge is 0.508 e. The lowest BCUT2D eigenvalue weighted by molar-refractivity contribution is -0.144. The van der Waals surface area contributed by atoms with Gasteiger partial charge in [-0.25, -0.2) is 0 Å². The van der Waals surface area contributed by atoms with Gasteiger partial charge in [0.05, 0.1) is 22.6 Å². The number of carbonyl (C=O) groups excluding carboxylic acids is 4. The monoisotopic (exact) mass is 680 g/mol. The lowest BCUT2D eigenvalue weighted by Gasteiger charge is -2.43. The Balaban J connectivity index is 1.09. The minimum atomic E-state index is -0.583. The van der Waals surface area contributed by atoms with Crippen LogP contribution in [0.4, 0.5) is 0 Å². The average molecular weight is 682 g/mol. The van der Waals surface area contributed by atoms with Gasteiger partial charge in [-0.3, -0.25) is 29.0 Å². The van der Waals surface area contributed by atoms with Crippen molar-refractivity contribution in [1.29, 1.82) is 0 Å². The highest BCUT2D eigenvalue weighted by molar-refractivity contribution is 9.12. The number of fused-ring (bicyclic) bond motifs is 4. The maximum Gasteiger partial charge on any atom is 0.233 e. The molecule has 0 unspecified atom stereocenters. The number of likely N-dealkylation sites (tertiary alicyclic amines) is 2. The molecular weight excluding hydrogens is 648 g/mol. The molecule has 46 heavy (non-hydrogen) atoms. The van der Waals surface area contributed by atoms with Crippen molar-refractivity contribution in [3.63, 3.8) is 0 Å². The first-order valence-corrected chi connectivity index (χ1v) is 16.8. The summed E-state index contributed by atoms with van der Waals surface area (Å²) in [5, 5.41) is 10.2. The summed E-state index contributed by atoms with van der Waals surface area (Å²) in [5.74, 6) is -2.03. The smallest absolute Gasteiger partial charge is 0.233 e. The number of piperidine rings is 1. The molecule has 2 amide bonds. The number of amides is 2. The topological polar surface area (TPSA) is 104 Å². The number of nitrogens with zero attached hydrogens (tertiary/aromatic N) is 2. The number of hydrogen-bond donors (Lipinski definition) is 1. The quantitative estimate of drug-likeness (QED) is 0.270. The first-order chi connectivity index (χ1) is 22.3. The maximum atomic E-state index is 14.3. The van der Waals surface area contributed by atoms with E-state index in [4.69, 9.17) is 4.74 Å². The van der Waals surface area contributed by atoms with Gasteiger partial charge in [0, 0.05) is 60.8 Å². The van der Waals surface area contributed by atoms with Gasteiger partial charge in [-0.2, -0.15) is 0 Å². The third kappa shape index (κ3) is 4.74. The minimum Gasteiger partial charge on any atom is -0.508 e. The SMILES string of the molecule is O=C1C=C(Br)C(=O)C2=C1[C@@H](C1=COc3ccc(O)cc3C1)C1=CC[C@@H]3C(=O)N(C4CCN(Cc5ccccc5)CC4)C(=O)[C@@H]3[C@@H]1C2. The van der Waals surface area contributed by atoms with Gasteiger partial charge in [-0.1, -0.05) is 42.0 Å². The summed E-state index contributed by atoms with van der Waals surface area (Å²) in [7, 11) is 0. The van der Waals surface area contributed by atoms with E-state index >= 15 is 0 Å². The summed E-state index contributed by atoms with van der Waals surface area (Å²) in [6.45, 7) is 2.45. The second kappa shape index (κ2) is 11.3. The summed E-state index contributed by atoms with van der Waals surface area (Å²) in [6, 6.07) is 15.1. The summed E-state index contributed by atoms with van der Waals surface area (Å²) in [4.78, 5) is 59.4. The van der Waals surface area contributed by atoms with Crippen LogP contribution in [0.1, 0.15) is 36.8 Å². The molecule has 4 atom stereocenters. The van der Waals surface area contributed by atoms with Crippen LogP contribution in [-0.4, -0.2) is 57.4 Å². The van der Waals surface area contributed by atoms with Crippen molar-refractivity contribution in [3.8, 4) is 11.5 Å². The van der Waals surface area contributed by atoms with Crippen molar-refractivity contribution in [1.82, 2.24) is 9.80 Å². The van der Waals surface area contributed by atoms with Crippen molar-refractivity contribution in [2.75, 3.05) is 13.1 Å². The first kappa shape index (κ1) is 29.3. The standard InChI is InChI=1S/C37H33BrN2O6/c38-29-17-30(42)34-28(35(29)43)16-27-25(32(34)22-14-21-15-24(41)6-9-31(21)46-19-22)7-8-26-33(27)37(45)40(36(26)44)23-10-12-39(13-11-23)18-20-4-2-1-3-5-20/h1-7,9,15,17,19,23,26-27,32-33,41H,8,10-14,16,18H2/t26-,27+,32-,33-/m0/s1. The molecule has 0 radical (unpaired) electrons. The molecule has 0 spiro atoms. The van der Waals surface area contributed by atoms with E-state index in [9.17, 15) is 24.3 Å². The molecule has 1 N–H and O–H groups in total. The number of halogens is 1. The molecule has 2 aromatic rings. The van der Waals surface area contributed by atoms with E-state index in [0.717, 1.165) is 49.2 Å². The number of hydrogen-bond acceptors (Lipinski definition) is 7. The van der Waals surface area contributed by atoms with Crippen LogP contribution in [-0.2, 0) is 32.1 Å². The molecule has 0 aromatic heterocycles. The van der Waals surface area contributed by atoms with Crippen LogP contribution >= 0.6 is 15.9 Å². The molecule has 3 heterocycles. The fourth-order valence-electron chi connectivity index (χ4n) is 8.58. The van der Waals surface area contributed by atoms with Gasteiger partial charge in [0.1, 0.15) is 11.5 Å². The average Bonchev–Trinajstić information content (AvgIpc) is 3.32. The molecule has 234 valence electrons. The lowest BCUT2D eigenvalue weighted by atomic mass is 9.59. The van der Waals surface area contributed by atoms with Crippen LogP contribution in [0.3, 0.4) is 0 Å². The number of benzene rings is 2. The van der Waals surface area contributed by atoms with Crippen molar-refractivity contribution in [2.45, 2.75) is 44.7 Å². The van der Waals surface area contributed by atoms with Crippen molar-refractivity contribution < 1.29 is 29.0 Å². The van der Waals surface area contributed by atoms with Gasteiger partial charge < -0.3 is 9.84 Å². The highest BCUT2D eigenvalue weighted by Gasteiger charge is 2.57. The Morgan fingerprint density at radius 1 is 0.957 bits per heavy atom. The Bertz CT molecular complexity index is 1820. The highest BCUT2D eigenvalue weighted by Crippen LogP contribution is 2.55. The van der Waals surface area contributed by atoms with Gasteiger partial charge in [-0.05, 0) is 76.9 Å². The second-order valence-electron chi connectivity index (χ2n) is 13.2. The molecule has 9 heteroatoms. The fraction of sp³-hybridized carbons (Fsp3) is 0.351. The van der Waals surface area contributed by atoms with Gasteiger partial charge in [0.15, 0.2) is 11.6 Å². The number of ether oxygens (including phenoxy) is 1. The lowest BCUT2D eigenvalue weighted by Crippen LogP contribution is -2.48. The molecule has 0 bridgehead atoms. The number of ketones is 2. The van der Waals surface area contributed by atoms with Crippen LogP contribution < -0.4 is 4.74 Å². The number of rotatable bonds is 4. The Morgan fingerprint density at radius 2 is 1.74 bits per heavy atom. The Labute approximate surface area is 275 Å². The third-order valence-electron chi connectivity index (χ3n) is 10.7. The number of imide groups is 1. The van der Waals surface area contributed by atoms with Crippen LogP contribution in [0, 0.1) is 23.7 Å². The number of aromatic hydroxyl groups is 1. The zero-order valence-electron chi connectivity index (χ0n) is 25.2. The number of phenolic OH excluding ortho intramolecular Hbond substituents is 1. The number of Topliss-reactive ketones (excluding diaryl/α,β-unsaturated/α-hetero) is 1. The van der Waals surface area contributed by atoms with E-state index in [1.165, 1.54) is 11.6 Å².